The molecule has 1 aromatic heterocycles. The van der Waals surface area contributed by atoms with E-state index in [1.165, 1.54) is 19.3 Å². The van der Waals surface area contributed by atoms with Crippen LogP contribution in [0.25, 0.3) is 0 Å². The van der Waals surface area contributed by atoms with Crippen molar-refractivity contribution in [2.24, 2.45) is 11.8 Å². The molecule has 1 aliphatic carbocycles. The molecule has 0 amide bonds. The van der Waals surface area contributed by atoms with Gasteiger partial charge >= 0.3 is 0 Å². The van der Waals surface area contributed by atoms with Crippen LogP contribution in [0.1, 0.15) is 50.9 Å². The Kier molecular flexibility index (Phi) is 4.58. The summed E-state index contributed by atoms with van der Waals surface area (Å²) >= 11 is 0. The summed E-state index contributed by atoms with van der Waals surface area (Å²) in [7, 11) is 0. The molecule has 0 aromatic carbocycles. The molecule has 0 radical (unpaired) electrons. The average Bonchev–Trinajstić information content (AvgIpc) is 2.31. The van der Waals surface area contributed by atoms with Gasteiger partial charge in [0.2, 0.25) is 0 Å². The largest absolute Gasteiger partial charge is 0.367 e. The number of nitrogen functional groups attached to an aromatic ring is 1. The number of nitrogens with two attached hydrogens (primary N) is 1. The maximum absolute atomic E-state index is 5.54. The van der Waals surface area contributed by atoms with Gasteiger partial charge in [0.15, 0.2) is 0 Å². The van der Waals surface area contributed by atoms with Crippen molar-refractivity contribution in [3.05, 3.63) is 11.4 Å². The quantitative estimate of drug-likeness (QED) is 0.543. The second-order valence-corrected chi connectivity index (χ2v) is 5.48. The molecule has 0 saturated heterocycles. The van der Waals surface area contributed by atoms with Crippen molar-refractivity contribution in [2.45, 2.75) is 58.9 Å². The first-order valence-corrected chi connectivity index (χ1v) is 7.26. The zero-order chi connectivity index (χ0) is 13.8. The Hall–Kier alpha value is -1.36. The predicted octanol–water partition coefficient (Wildman–Crippen LogP) is 2.62. The molecule has 1 aromatic rings. The second-order valence-electron chi connectivity index (χ2n) is 5.48. The predicted molar refractivity (Wildman–Crippen MR) is 79.0 cm³/mol. The third-order valence-corrected chi connectivity index (χ3v) is 4.02. The van der Waals surface area contributed by atoms with E-state index >= 15 is 0 Å². The van der Waals surface area contributed by atoms with Gasteiger partial charge in [-0.2, -0.15) is 0 Å². The van der Waals surface area contributed by atoms with Crippen LogP contribution in [0, 0.1) is 12.8 Å². The Morgan fingerprint density at radius 2 is 2.00 bits per heavy atom. The number of hydrazine groups is 1. The van der Waals surface area contributed by atoms with Gasteiger partial charge in [0, 0.05) is 18.0 Å². The van der Waals surface area contributed by atoms with E-state index in [1.807, 2.05) is 6.92 Å². The molecule has 1 heterocycles. The highest BCUT2D eigenvalue weighted by molar-refractivity contribution is 5.57. The van der Waals surface area contributed by atoms with E-state index in [0.717, 1.165) is 41.8 Å². The Morgan fingerprint density at radius 3 is 2.53 bits per heavy atom. The molecule has 1 aliphatic rings. The third-order valence-electron chi connectivity index (χ3n) is 4.02. The molecule has 106 valence electrons. The molecule has 4 N–H and O–H groups in total. The first-order valence-electron chi connectivity index (χ1n) is 7.26. The van der Waals surface area contributed by atoms with E-state index in [1.54, 1.807) is 0 Å². The molecule has 5 heteroatoms. The number of hydrogen-bond acceptors (Lipinski definition) is 5. The zero-order valence-corrected chi connectivity index (χ0v) is 12.2. The maximum atomic E-state index is 5.54. The van der Waals surface area contributed by atoms with Crippen LogP contribution in [-0.2, 0) is 6.42 Å². The van der Waals surface area contributed by atoms with Crippen molar-refractivity contribution in [1.29, 1.82) is 0 Å². The molecule has 1 saturated carbocycles. The molecule has 2 rings (SSSR count). The lowest BCUT2D eigenvalue weighted by atomic mass is 9.80. The minimum atomic E-state index is 0.461. The monoisotopic (exact) mass is 263 g/mol. The smallest absolute Gasteiger partial charge is 0.148 e. The topological polar surface area (TPSA) is 75.9 Å². The van der Waals surface area contributed by atoms with Crippen molar-refractivity contribution in [1.82, 2.24) is 9.97 Å². The van der Waals surface area contributed by atoms with Gasteiger partial charge < -0.3 is 10.7 Å². The zero-order valence-electron chi connectivity index (χ0n) is 12.2. The fraction of sp³-hybridized carbons (Fsp3) is 0.714. The summed E-state index contributed by atoms with van der Waals surface area (Å²) in [6.45, 7) is 6.37. The Balaban J connectivity index is 2.18. The van der Waals surface area contributed by atoms with Gasteiger partial charge in [0.05, 0.1) is 0 Å². The molecule has 0 aliphatic heterocycles. The van der Waals surface area contributed by atoms with E-state index in [-0.39, 0.29) is 0 Å². The van der Waals surface area contributed by atoms with E-state index in [2.05, 4.69) is 34.6 Å². The normalized spacial score (nSPS) is 16.8. The summed E-state index contributed by atoms with van der Waals surface area (Å²) in [5.41, 5.74) is 3.67. The first kappa shape index (κ1) is 14.1. The van der Waals surface area contributed by atoms with E-state index in [4.69, 9.17) is 5.84 Å². The minimum Gasteiger partial charge on any atom is -0.367 e. The lowest BCUT2D eigenvalue weighted by Gasteiger charge is -2.32. The van der Waals surface area contributed by atoms with Crippen molar-refractivity contribution >= 4 is 11.6 Å². The van der Waals surface area contributed by atoms with Gasteiger partial charge in [-0.15, -0.1) is 0 Å². The highest BCUT2D eigenvalue weighted by atomic mass is 15.3. The summed E-state index contributed by atoms with van der Waals surface area (Å²) in [5, 5.41) is 3.54. The number of rotatable bonds is 6. The van der Waals surface area contributed by atoms with Crippen molar-refractivity contribution in [3.8, 4) is 0 Å². The second kappa shape index (κ2) is 6.19. The fourth-order valence-electron chi connectivity index (χ4n) is 2.45. The Bertz CT molecular complexity index is 428. The van der Waals surface area contributed by atoms with Crippen LogP contribution in [0.2, 0.25) is 0 Å². The summed E-state index contributed by atoms with van der Waals surface area (Å²) in [6, 6.07) is 0.461. The van der Waals surface area contributed by atoms with Crippen LogP contribution >= 0.6 is 0 Å². The van der Waals surface area contributed by atoms with Crippen LogP contribution in [0.4, 0.5) is 11.6 Å². The van der Waals surface area contributed by atoms with Crippen molar-refractivity contribution in [2.75, 3.05) is 10.7 Å². The number of aromatic nitrogens is 2. The van der Waals surface area contributed by atoms with E-state index in [0.29, 0.717) is 6.04 Å². The molecule has 19 heavy (non-hydrogen) atoms. The molecule has 1 unspecified atom stereocenters. The van der Waals surface area contributed by atoms with Crippen molar-refractivity contribution in [3.63, 3.8) is 0 Å². The SMILES string of the molecule is CCCc1nc(NN)c(C)c(NC(C)C2CCC2)n1. The third kappa shape index (κ3) is 3.15. The fourth-order valence-corrected chi connectivity index (χ4v) is 2.45. The maximum Gasteiger partial charge on any atom is 0.148 e. The molecule has 1 atom stereocenters. The van der Waals surface area contributed by atoms with Gasteiger partial charge in [-0.3, -0.25) is 0 Å². The lowest BCUT2D eigenvalue weighted by molar-refractivity contribution is 0.285. The number of aryl methyl sites for hydroxylation is 1. The highest BCUT2D eigenvalue weighted by Gasteiger charge is 2.24. The molecular formula is C14H25N5. The summed E-state index contributed by atoms with van der Waals surface area (Å²) < 4.78 is 0. The van der Waals surface area contributed by atoms with E-state index < -0.39 is 0 Å². The molecule has 1 fully saturated rings. The van der Waals surface area contributed by atoms with Crippen LogP contribution in [0.5, 0.6) is 0 Å². The number of anilines is 2. The minimum absolute atomic E-state index is 0.461. The number of hydrogen-bond donors (Lipinski definition) is 3. The van der Waals surface area contributed by atoms with Gasteiger partial charge in [0.25, 0.3) is 0 Å². The van der Waals surface area contributed by atoms with Crippen molar-refractivity contribution < 1.29 is 0 Å². The summed E-state index contributed by atoms with van der Waals surface area (Å²) in [4.78, 5) is 9.07. The van der Waals surface area contributed by atoms with Crippen LogP contribution in [-0.4, -0.2) is 16.0 Å². The van der Waals surface area contributed by atoms with Crippen LogP contribution in [0.3, 0.4) is 0 Å². The molecule has 5 nitrogen and oxygen atoms in total. The summed E-state index contributed by atoms with van der Waals surface area (Å²) in [5.74, 6) is 8.82. The molecular weight excluding hydrogens is 238 g/mol. The lowest BCUT2D eigenvalue weighted by Crippen LogP contribution is -2.31. The van der Waals surface area contributed by atoms with Crippen LogP contribution < -0.4 is 16.6 Å². The highest BCUT2D eigenvalue weighted by Crippen LogP contribution is 2.31. The van der Waals surface area contributed by atoms with Gasteiger partial charge in [-0.25, -0.2) is 15.8 Å². The standard InChI is InChI=1S/C14H25N5/c1-4-6-12-17-13(9(2)14(18-12)19-15)16-10(3)11-7-5-8-11/h10-11H,4-8,15H2,1-3H3,(H2,16,17,18,19). The summed E-state index contributed by atoms with van der Waals surface area (Å²) in [6.07, 6.45) is 5.91. The van der Waals surface area contributed by atoms with E-state index in [9.17, 15) is 0 Å². The van der Waals surface area contributed by atoms with Crippen LogP contribution in [0.15, 0.2) is 0 Å². The van der Waals surface area contributed by atoms with Gasteiger partial charge in [-0.05, 0) is 39.0 Å². The molecule has 0 bridgehead atoms. The molecule has 0 spiro atoms. The Labute approximate surface area is 115 Å². The Morgan fingerprint density at radius 1 is 1.32 bits per heavy atom. The first-order chi connectivity index (χ1) is 9.15. The van der Waals surface area contributed by atoms with Gasteiger partial charge in [0.1, 0.15) is 17.5 Å². The number of nitrogens with one attached hydrogen (secondary N) is 2. The van der Waals surface area contributed by atoms with Gasteiger partial charge in [-0.1, -0.05) is 13.3 Å². The average molecular weight is 263 g/mol. The number of nitrogens with zero attached hydrogens (tertiary/aromatic N) is 2.